The summed E-state index contributed by atoms with van der Waals surface area (Å²) in [6.45, 7) is 0.325. The number of benzene rings is 1. The number of hydrogen-bond acceptors (Lipinski definition) is 4. The summed E-state index contributed by atoms with van der Waals surface area (Å²) in [4.78, 5) is 3.93. The molecule has 17 heavy (non-hydrogen) atoms. The zero-order chi connectivity index (χ0) is 12.8. The maximum Gasteiger partial charge on any atom is 0.186 e. The van der Waals surface area contributed by atoms with Crippen LogP contribution < -0.4 is 25.7 Å². The van der Waals surface area contributed by atoms with Gasteiger partial charge in [0.15, 0.2) is 17.5 Å². The Balaban J connectivity index is 3.14. The van der Waals surface area contributed by atoms with Crippen LogP contribution in [0.5, 0.6) is 17.2 Å². The van der Waals surface area contributed by atoms with Gasteiger partial charge in [-0.05, 0) is 6.07 Å². The van der Waals surface area contributed by atoms with Gasteiger partial charge < -0.3 is 25.7 Å². The van der Waals surface area contributed by atoms with Crippen molar-refractivity contribution in [3.63, 3.8) is 0 Å². The molecular weight excluding hydrogens is 222 g/mol. The van der Waals surface area contributed by atoms with E-state index in [0.717, 1.165) is 5.56 Å². The van der Waals surface area contributed by atoms with Crippen LogP contribution >= 0.6 is 0 Å². The van der Waals surface area contributed by atoms with Crippen molar-refractivity contribution in [2.24, 2.45) is 16.5 Å². The minimum Gasteiger partial charge on any atom is -0.496 e. The second-order valence-electron chi connectivity index (χ2n) is 3.26. The first-order chi connectivity index (χ1) is 8.12. The molecular formula is C11H17N3O3. The highest BCUT2D eigenvalue weighted by Crippen LogP contribution is 2.34. The van der Waals surface area contributed by atoms with E-state index in [0.29, 0.717) is 23.8 Å². The smallest absolute Gasteiger partial charge is 0.186 e. The van der Waals surface area contributed by atoms with E-state index in [2.05, 4.69) is 4.99 Å². The molecule has 4 N–H and O–H groups in total. The Hall–Kier alpha value is -2.11. The van der Waals surface area contributed by atoms with E-state index in [9.17, 15) is 0 Å². The van der Waals surface area contributed by atoms with E-state index < -0.39 is 0 Å². The van der Waals surface area contributed by atoms with Crippen LogP contribution in [0.15, 0.2) is 17.1 Å². The van der Waals surface area contributed by atoms with E-state index in [4.69, 9.17) is 25.7 Å². The summed E-state index contributed by atoms with van der Waals surface area (Å²) in [5.74, 6) is 1.88. The fourth-order valence-electron chi connectivity index (χ4n) is 1.39. The number of nitrogens with two attached hydrogens (primary N) is 2. The van der Waals surface area contributed by atoms with E-state index in [-0.39, 0.29) is 5.96 Å². The molecule has 1 aromatic carbocycles. The highest BCUT2D eigenvalue weighted by atomic mass is 16.5. The molecule has 94 valence electrons. The summed E-state index contributed by atoms with van der Waals surface area (Å²) in [5.41, 5.74) is 11.4. The molecule has 0 fully saturated rings. The van der Waals surface area contributed by atoms with Gasteiger partial charge >= 0.3 is 0 Å². The number of guanidine groups is 1. The number of ether oxygens (including phenoxy) is 3. The van der Waals surface area contributed by atoms with Crippen molar-refractivity contribution in [2.45, 2.75) is 6.54 Å². The lowest BCUT2D eigenvalue weighted by molar-refractivity contribution is 0.347. The van der Waals surface area contributed by atoms with Crippen LogP contribution in [-0.2, 0) is 6.54 Å². The summed E-state index contributed by atoms with van der Waals surface area (Å²) in [5, 5.41) is 0. The number of methoxy groups -OCH3 is 3. The molecule has 0 aliphatic heterocycles. The van der Waals surface area contributed by atoms with Gasteiger partial charge in [0.2, 0.25) is 0 Å². The lowest BCUT2D eigenvalue weighted by Crippen LogP contribution is -2.22. The number of nitrogens with zero attached hydrogens (tertiary/aromatic N) is 1. The molecule has 0 spiro atoms. The van der Waals surface area contributed by atoms with Crippen LogP contribution in [0, 0.1) is 0 Å². The summed E-state index contributed by atoms with van der Waals surface area (Å²) in [6.07, 6.45) is 0. The summed E-state index contributed by atoms with van der Waals surface area (Å²) in [6, 6.07) is 3.51. The van der Waals surface area contributed by atoms with Crippen LogP contribution in [0.2, 0.25) is 0 Å². The molecule has 0 aliphatic carbocycles. The first-order valence-electron chi connectivity index (χ1n) is 4.96. The van der Waals surface area contributed by atoms with Crippen molar-refractivity contribution in [1.82, 2.24) is 0 Å². The molecule has 0 saturated heterocycles. The monoisotopic (exact) mass is 239 g/mol. The maximum atomic E-state index is 5.29. The van der Waals surface area contributed by atoms with Crippen LogP contribution in [0.3, 0.4) is 0 Å². The van der Waals surface area contributed by atoms with Gasteiger partial charge in [0, 0.05) is 11.6 Å². The van der Waals surface area contributed by atoms with E-state index in [1.54, 1.807) is 33.5 Å². The zero-order valence-corrected chi connectivity index (χ0v) is 10.2. The van der Waals surface area contributed by atoms with Crippen molar-refractivity contribution >= 4 is 5.96 Å². The predicted molar refractivity (Wildman–Crippen MR) is 65.6 cm³/mol. The van der Waals surface area contributed by atoms with Crippen molar-refractivity contribution in [3.8, 4) is 17.2 Å². The second-order valence-corrected chi connectivity index (χ2v) is 3.26. The number of rotatable bonds is 5. The van der Waals surface area contributed by atoms with Crippen LogP contribution in [0.1, 0.15) is 5.56 Å². The summed E-state index contributed by atoms with van der Waals surface area (Å²) >= 11 is 0. The molecule has 0 aliphatic rings. The van der Waals surface area contributed by atoms with Crippen LogP contribution in [-0.4, -0.2) is 27.3 Å². The summed E-state index contributed by atoms with van der Waals surface area (Å²) in [7, 11) is 4.70. The molecule has 0 radical (unpaired) electrons. The van der Waals surface area contributed by atoms with Crippen molar-refractivity contribution in [3.05, 3.63) is 17.7 Å². The lowest BCUT2D eigenvalue weighted by Gasteiger charge is -2.12. The van der Waals surface area contributed by atoms with Gasteiger partial charge in [0.05, 0.1) is 27.9 Å². The largest absolute Gasteiger partial charge is 0.496 e. The Bertz CT molecular complexity index is 415. The molecule has 0 saturated carbocycles. The van der Waals surface area contributed by atoms with Crippen molar-refractivity contribution in [2.75, 3.05) is 21.3 Å². The predicted octanol–water partition coefficient (Wildman–Crippen LogP) is 0.486. The van der Waals surface area contributed by atoms with Crippen molar-refractivity contribution < 1.29 is 14.2 Å². The quantitative estimate of drug-likeness (QED) is 0.576. The molecule has 1 aromatic rings. The molecule has 1 rings (SSSR count). The molecule has 0 unspecified atom stereocenters. The Kier molecular flexibility index (Phi) is 4.45. The molecule has 0 bridgehead atoms. The third-order valence-electron chi connectivity index (χ3n) is 2.22. The third-order valence-corrected chi connectivity index (χ3v) is 2.22. The SMILES string of the molecule is COc1cc(OC)c(OC)cc1CN=C(N)N. The van der Waals surface area contributed by atoms with Gasteiger partial charge in [-0.15, -0.1) is 0 Å². The Morgan fingerprint density at radius 2 is 1.53 bits per heavy atom. The van der Waals surface area contributed by atoms with Gasteiger partial charge in [0.25, 0.3) is 0 Å². The highest BCUT2D eigenvalue weighted by Gasteiger charge is 2.11. The van der Waals surface area contributed by atoms with Gasteiger partial charge in [0.1, 0.15) is 5.75 Å². The van der Waals surface area contributed by atoms with Crippen LogP contribution in [0.4, 0.5) is 0 Å². The van der Waals surface area contributed by atoms with Gasteiger partial charge in [-0.3, -0.25) is 0 Å². The first kappa shape index (κ1) is 13.0. The van der Waals surface area contributed by atoms with E-state index >= 15 is 0 Å². The average Bonchev–Trinajstić information content (AvgIpc) is 2.34. The second kappa shape index (κ2) is 5.83. The summed E-state index contributed by atoms with van der Waals surface area (Å²) < 4.78 is 15.6. The van der Waals surface area contributed by atoms with Crippen LogP contribution in [0.25, 0.3) is 0 Å². The molecule has 0 aromatic heterocycles. The van der Waals surface area contributed by atoms with Crippen molar-refractivity contribution in [1.29, 1.82) is 0 Å². The normalized spacial score (nSPS) is 9.59. The molecule has 0 atom stereocenters. The molecule has 0 heterocycles. The fourth-order valence-corrected chi connectivity index (χ4v) is 1.39. The molecule has 6 heteroatoms. The van der Waals surface area contributed by atoms with Gasteiger partial charge in [-0.1, -0.05) is 0 Å². The fraction of sp³-hybridized carbons (Fsp3) is 0.364. The number of aliphatic imine (C=N–C) groups is 1. The van der Waals surface area contributed by atoms with Gasteiger partial charge in [-0.25, -0.2) is 4.99 Å². The third kappa shape index (κ3) is 3.17. The Morgan fingerprint density at radius 1 is 1.00 bits per heavy atom. The first-order valence-corrected chi connectivity index (χ1v) is 4.96. The lowest BCUT2D eigenvalue weighted by atomic mass is 10.1. The zero-order valence-electron chi connectivity index (χ0n) is 10.2. The topological polar surface area (TPSA) is 92.1 Å². The Morgan fingerprint density at radius 3 is 2.00 bits per heavy atom. The number of hydrogen-bond donors (Lipinski definition) is 2. The van der Waals surface area contributed by atoms with E-state index in [1.807, 2.05) is 0 Å². The molecule has 0 amide bonds. The molecule has 6 nitrogen and oxygen atoms in total. The standard InChI is InChI=1S/C11H17N3O3/c1-15-8-5-10(17-3)9(16-2)4-7(8)6-14-11(12)13/h4-5H,6H2,1-3H3,(H4,12,13,14). The minimum atomic E-state index is 0.0295. The Labute approximate surface area is 100 Å². The minimum absolute atomic E-state index is 0.0295. The van der Waals surface area contributed by atoms with Gasteiger partial charge in [-0.2, -0.15) is 0 Å². The maximum absolute atomic E-state index is 5.29. The average molecular weight is 239 g/mol. The van der Waals surface area contributed by atoms with E-state index in [1.165, 1.54) is 0 Å². The highest BCUT2D eigenvalue weighted by molar-refractivity contribution is 5.75.